The summed E-state index contributed by atoms with van der Waals surface area (Å²) in [5.74, 6) is 0. The van der Waals surface area contributed by atoms with Crippen LogP contribution in [0.5, 0.6) is 0 Å². The first-order chi connectivity index (χ1) is 6.00. The fourth-order valence-electron chi connectivity index (χ4n) is 0. The maximum Gasteiger partial charge on any atom is 2.00 e. The average Bonchev–Trinajstić information content (AvgIpc) is 2.33. The minimum atomic E-state index is 0. The second kappa shape index (κ2) is 1020. The van der Waals surface area contributed by atoms with E-state index in [-0.39, 0.29) is 55.7 Å². The van der Waals surface area contributed by atoms with Gasteiger partial charge in [-0.1, -0.05) is 0 Å². The number of rotatable bonds is 0. The molecule has 0 unspecified atom stereocenters. The smallest absolute Gasteiger partial charge is 0.512 e. The van der Waals surface area contributed by atoms with Gasteiger partial charge in [0.2, 0.25) is 0 Å². The van der Waals surface area contributed by atoms with Crippen LogP contribution in [0.25, 0.3) is 0 Å². The Morgan fingerprint density at radius 2 is 0.333 bits per heavy atom. The molecule has 0 saturated carbocycles. The Morgan fingerprint density at radius 3 is 0.333 bits per heavy atom. The molecule has 0 aliphatic heterocycles. The molecule has 0 spiro atoms. The quantitative estimate of drug-likeness (QED) is 0.463. The van der Waals surface area contributed by atoms with E-state index in [1.165, 1.54) is 0 Å². The van der Waals surface area contributed by atoms with Crippen LogP contribution in [0.15, 0.2) is 0 Å². The van der Waals surface area contributed by atoms with E-state index >= 15 is 0 Å². The van der Waals surface area contributed by atoms with Crippen LogP contribution in [0.3, 0.4) is 0 Å². The minimum Gasteiger partial charge on any atom is -0.512 e. The van der Waals surface area contributed by atoms with Gasteiger partial charge in [0.1, 0.15) is 0 Å². The summed E-state index contributed by atoms with van der Waals surface area (Å²) in [6.07, 6.45) is 0. The van der Waals surface area contributed by atoms with E-state index in [1.807, 2.05) is 0 Å². The molecule has 0 aliphatic carbocycles. The van der Waals surface area contributed by atoms with Gasteiger partial charge in [0.25, 0.3) is 0 Å². The molecular weight excluding hydrogens is 346 g/mol. The number of nitrogens with zero attached hydrogens (tertiary/aromatic N) is 6. The summed E-state index contributed by atoms with van der Waals surface area (Å²) >= 11 is 0. The molecule has 0 aromatic carbocycles. The predicted octanol–water partition coefficient (Wildman–Crippen LogP) is 0.571. The fourth-order valence-corrected chi connectivity index (χ4v) is 0. The van der Waals surface area contributed by atoms with Crippen LogP contribution in [-0.4, -0.2) is 0 Å². The molecule has 0 bridgehead atoms. The van der Waals surface area contributed by atoms with Crippen molar-refractivity contribution in [2.24, 2.45) is 0 Å². The molecule has 67 valence electrons. The molecule has 0 N–H and O–H groups in total. The van der Waals surface area contributed by atoms with Crippen molar-refractivity contribution >= 4 is 0 Å². The second-order valence-corrected chi connectivity index (χ2v) is 0. The first-order valence-corrected chi connectivity index (χ1v) is 1.34. The van der Waals surface area contributed by atoms with Gasteiger partial charge in [-0.05, 0) is 0 Å². The summed E-state index contributed by atoms with van der Waals surface area (Å²) in [7, 11) is 0. The fraction of sp³-hybridized carbons (Fsp3) is 0. The van der Waals surface area contributed by atoms with Crippen LogP contribution in [0.2, 0.25) is 0 Å². The molecule has 0 amide bonds. The van der Waals surface area contributed by atoms with E-state index in [2.05, 4.69) is 0 Å². The third kappa shape index (κ3) is 850. The Bertz CT molecular complexity index is 101. The summed E-state index contributed by atoms with van der Waals surface area (Å²) in [6, 6.07) is 0. The minimum absolute atomic E-state index is 0. The molecule has 6 nitrogen and oxygen atoms in total. The normalized spacial score (nSPS) is 0.800. The van der Waals surface area contributed by atoms with E-state index in [1.54, 1.807) is 0 Å². The summed E-state index contributed by atoms with van der Waals surface area (Å²) in [4.78, 5) is 0. The van der Waals surface area contributed by atoms with Crippen molar-refractivity contribution in [1.82, 2.24) is 0 Å². The van der Waals surface area contributed by atoms with Gasteiger partial charge in [-0.3, -0.25) is 0 Å². The average molecular weight is 346 g/mol. The van der Waals surface area contributed by atoms with Crippen molar-refractivity contribution < 1.29 is 55.7 Å². The SMILES string of the molecule is [C-]#N.[C-]#N.[C-]#N.[C-]#N.[C-]#N.[C-]#N.[Co+2].[Zn+2].[Zn+2]. The van der Waals surface area contributed by atoms with E-state index in [9.17, 15) is 0 Å². The summed E-state index contributed by atoms with van der Waals surface area (Å²) in [5, 5.41) is 37.5. The Balaban J connectivity index is -0.00000000396. The molecule has 9 heteroatoms. The van der Waals surface area contributed by atoms with E-state index in [4.69, 9.17) is 71.0 Å². The van der Waals surface area contributed by atoms with Crippen molar-refractivity contribution in [2.75, 3.05) is 0 Å². The van der Waals surface area contributed by atoms with Crippen molar-refractivity contribution in [3.8, 4) is 0 Å². The zero-order valence-corrected chi connectivity index (χ0v) is 14.4. The maximum atomic E-state index is 6.25. The molecule has 0 aromatic rings. The largest absolute Gasteiger partial charge is 2.00 e. The second-order valence-electron chi connectivity index (χ2n) is 0. The zero-order chi connectivity index (χ0) is 12.0. The molecule has 0 aliphatic rings. The van der Waals surface area contributed by atoms with Crippen molar-refractivity contribution in [2.45, 2.75) is 0 Å². The number of hydrogen-bond acceptors (Lipinski definition) is 6. The first kappa shape index (κ1) is 100. The van der Waals surface area contributed by atoms with Crippen LogP contribution in [0, 0.1) is 71.0 Å². The molecule has 1 radical (unpaired) electrons. The first-order valence-electron chi connectivity index (χ1n) is 1.34. The monoisotopic (exact) mass is 343 g/mol. The van der Waals surface area contributed by atoms with Gasteiger partial charge in [0.15, 0.2) is 0 Å². The third-order valence-electron chi connectivity index (χ3n) is 0. The molecule has 0 heterocycles. The Labute approximate surface area is 126 Å². The van der Waals surface area contributed by atoms with E-state index < -0.39 is 0 Å². The molecule has 0 aromatic heterocycles. The molecule has 15 heavy (non-hydrogen) atoms. The third-order valence-corrected chi connectivity index (χ3v) is 0. The molecule has 0 fully saturated rings. The van der Waals surface area contributed by atoms with E-state index in [0.29, 0.717) is 0 Å². The maximum absolute atomic E-state index is 6.25. The Hall–Kier alpha value is -1.31. The van der Waals surface area contributed by atoms with Gasteiger partial charge in [0, 0.05) is 0 Å². The van der Waals surface area contributed by atoms with Crippen LogP contribution >= 0.6 is 0 Å². The van der Waals surface area contributed by atoms with Gasteiger partial charge in [-0.25, -0.2) is 0 Å². The van der Waals surface area contributed by atoms with Gasteiger partial charge < -0.3 is 71.0 Å². The van der Waals surface area contributed by atoms with Crippen molar-refractivity contribution in [1.29, 1.82) is 31.6 Å². The number of hydrogen-bond donors (Lipinski definition) is 0. The van der Waals surface area contributed by atoms with Gasteiger partial charge in [-0.15, -0.1) is 0 Å². The Morgan fingerprint density at radius 1 is 0.333 bits per heavy atom. The van der Waals surface area contributed by atoms with E-state index in [0.717, 1.165) is 0 Å². The standard InChI is InChI=1S/6CN.Co.2Zn/c6*1-2;;;/q6*-1;3*+2. The van der Waals surface area contributed by atoms with Crippen LogP contribution in [-0.2, 0) is 55.7 Å². The summed E-state index contributed by atoms with van der Waals surface area (Å²) in [5.41, 5.74) is 0. The molecule has 0 saturated heterocycles. The summed E-state index contributed by atoms with van der Waals surface area (Å²) in [6.45, 7) is 28.5. The molecule has 0 rings (SSSR count). The van der Waals surface area contributed by atoms with Crippen molar-refractivity contribution in [3.05, 3.63) is 39.4 Å². The molecule has 0 atom stereocenters. The van der Waals surface area contributed by atoms with Crippen molar-refractivity contribution in [3.63, 3.8) is 0 Å². The van der Waals surface area contributed by atoms with Crippen LogP contribution in [0.4, 0.5) is 0 Å². The van der Waals surface area contributed by atoms with Crippen LogP contribution < -0.4 is 0 Å². The zero-order valence-electron chi connectivity index (χ0n) is 7.43. The molecular formula is C6CoN6Zn2. The van der Waals surface area contributed by atoms with Gasteiger partial charge in [-0.2, -0.15) is 0 Å². The van der Waals surface area contributed by atoms with Gasteiger partial charge in [0.05, 0.1) is 0 Å². The van der Waals surface area contributed by atoms with Crippen LogP contribution in [0.1, 0.15) is 0 Å². The Kier molecular flexibility index (Phi) is 6790. The summed E-state index contributed by atoms with van der Waals surface area (Å²) < 4.78 is 0. The predicted molar refractivity (Wildman–Crippen MR) is 29.8 cm³/mol. The van der Waals surface area contributed by atoms with Gasteiger partial charge >= 0.3 is 55.7 Å². The topological polar surface area (TPSA) is 143 Å².